The van der Waals surface area contributed by atoms with Crippen LogP contribution in [0, 0.1) is 12.3 Å². The lowest BCUT2D eigenvalue weighted by Gasteiger charge is -2.17. The highest BCUT2D eigenvalue weighted by Crippen LogP contribution is 1.98. The quantitative estimate of drug-likeness (QED) is 0.496. The summed E-state index contributed by atoms with van der Waals surface area (Å²) in [6.45, 7) is 3.15. The summed E-state index contributed by atoms with van der Waals surface area (Å²) >= 11 is 0. The van der Waals surface area contributed by atoms with E-state index < -0.39 is 5.97 Å². The Balaban J connectivity index is 4.18. The second-order valence-corrected chi connectivity index (χ2v) is 2.68. The molecule has 4 heteroatoms. The maximum Gasteiger partial charge on any atom is 0.323 e. The summed E-state index contributed by atoms with van der Waals surface area (Å²) in [4.78, 5) is 22.9. The maximum atomic E-state index is 11.3. The van der Waals surface area contributed by atoms with Crippen molar-refractivity contribution in [2.75, 3.05) is 13.1 Å². The zero-order valence-electron chi connectivity index (χ0n) is 7.90. The summed E-state index contributed by atoms with van der Waals surface area (Å²) in [7, 11) is 0. The molecule has 0 unspecified atom stereocenters. The highest BCUT2D eigenvalue weighted by Gasteiger charge is 2.14. The van der Waals surface area contributed by atoms with E-state index in [0.717, 1.165) is 4.90 Å². The van der Waals surface area contributed by atoms with Crippen LogP contribution in [0.5, 0.6) is 0 Å². The molecule has 0 aromatic heterocycles. The first-order valence-corrected chi connectivity index (χ1v) is 4.15. The summed E-state index contributed by atoms with van der Waals surface area (Å²) in [5.74, 6) is 0.925. The van der Waals surface area contributed by atoms with Crippen LogP contribution in [-0.4, -0.2) is 35.0 Å². The lowest BCUT2D eigenvalue weighted by Crippen LogP contribution is -2.35. The third-order valence-electron chi connectivity index (χ3n) is 1.52. The molecule has 0 radical (unpaired) electrons. The highest BCUT2D eigenvalue weighted by molar-refractivity contribution is 5.81. The van der Waals surface area contributed by atoms with Crippen LogP contribution in [-0.2, 0) is 9.59 Å². The molecule has 0 aliphatic heterocycles. The molecule has 0 spiro atoms. The average molecular weight is 195 g/mol. The van der Waals surface area contributed by atoms with Crippen molar-refractivity contribution >= 4 is 11.9 Å². The van der Waals surface area contributed by atoms with E-state index in [4.69, 9.17) is 11.5 Å². The van der Waals surface area contributed by atoms with Gasteiger partial charge in [-0.1, -0.05) is 12.0 Å². The fraction of sp³-hybridized carbons (Fsp3) is 0.400. The van der Waals surface area contributed by atoms with Crippen molar-refractivity contribution in [3.8, 4) is 12.3 Å². The molecule has 0 heterocycles. The largest absolute Gasteiger partial charge is 0.480 e. The average Bonchev–Trinajstić information content (AvgIpc) is 2.13. The maximum absolute atomic E-state index is 11.3. The number of amides is 1. The van der Waals surface area contributed by atoms with Gasteiger partial charge in [-0.2, -0.15) is 0 Å². The zero-order chi connectivity index (χ0) is 11.0. The van der Waals surface area contributed by atoms with Crippen molar-refractivity contribution in [1.82, 2.24) is 4.90 Å². The van der Waals surface area contributed by atoms with Crippen LogP contribution in [0.25, 0.3) is 0 Å². The van der Waals surface area contributed by atoms with Crippen molar-refractivity contribution in [1.29, 1.82) is 0 Å². The number of carbonyl (C=O) groups excluding carboxylic acids is 1. The minimum absolute atomic E-state index is 0.0300. The van der Waals surface area contributed by atoms with Crippen LogP contribution in [0.1, 0.15) is 12.8 Å². The smallest absolute Gasteiger partial charge is 0.323 e. The van der Waals surface area contributed by atoms with Gasteiger partial charge in [-0.05, 0) is 6.42 Å². The van der Waals surface area contributed by atoms with Gasteiger partial charge in [0.25, 0.3) is 0 Å². The van der Waals surface area contributed by atoms with Crippen molar-refractivity contribution in [2.45, 2.75) is 12.8 Å². The molecular formula is C10H13NO3. The molecule has 0 fully saturated rings. The topological polar surface area (TPSA) is 57.6 Å². The first kappa shape index (κ1) is 12.2. The lowest BCUT2D eigenvalue weighted by atomic mass is 10.2. The molecular weight excluding hydrogens is 182 g/mol. The number of carboxylic acids is 1. The van der Waals surface area contributed by atoms with Crippen molar-refractivity contribution in [3.05, 3.63) is 12.7 Å². The van der Waals surface area contributed by atoms with Crippen molar-refractivity contribution in [3.63, 3.8) is 0 Å². The van der Waals surface area contributed by atoms with Crippen LogP contribution < -0.4 is 0 Å². The number of nitrogens with zero attached hydrogens (tertiary/aromatic N) is 1. The number of carbonyl (C=O) groups is 2. The van der Waals surface area contributed by atoms with Gasteiger partial charge < -0.3 is 10.0 Å². The Morgan fingerprint density at radius 1 is 1.57 bits per heavy atom. The lowest BCUT2D eigenvalue weighted by molar-refractivity contribution is -0.143. The van der Waals surface area contributed by atoms with E-state index in [1.54, 1.807) is 6.08 Å². The number of allylic oxidation sites excluding steroid dienone is 1. The first-order valence-electron chi connectivity index (χ1n) is 4.15. The SMILES string of the molecule is C#CCN(CC(=O)O)C(=O)CCC=C. The molecule has 0 aliphatic rings. The van der Waals surface area contributed by atoms with E-state index in [1.807, 2.05) is 0 Å². The van der Waals surface area contributed by atoms with Gasteiger partial charge >= 0.3 is 5.97 Å². The Morgan fingerprint density at radius 2 is 2.21 bits per heavy atom. The van der Waals surface area contributed by atoms with Crippen LogP contribution in [0.2, 0.25) is 0 Å². The molecule has 4 nitrogen and oxygen atoms in total. The molecule has 0 saturated carbocycles. The number of terminal acetylenes is 1. The molecule has 0 bridgehead atoms. The standard InChI is InChI=1S/C10H13NO3/c1-3-5-6-9(12)11(7-4-2)8-10(13)14/h2-3H,1,5-8H2,(H,13,14). The molecule has 0 atom stereocenters. The van der Waals surface area contributed by atoms with Gasteiger partial charge in [-0.25, -0.2) is 0 Å². The Morgan fingerprint density at radius 3 is 2.64 bits per heavy atom. The van der Waals surface area contributed by atoms with Gasteiger partial charge in [-0.15, -0.1) is 13.0 Å². The molecule has 0 rings (SSSR count). The minimum Gasteiger partial charge on any atom is -0.480 e. The fourth-order valence-electron chi connectivity index (χ4n) is 0.889. The predicted octanol–water partition coefficient (Wildman–Crippen LogP) is 0.499. The predicted molar refractivity (Wildman–Crippen MR) is 52.5 cm³/mol. The molecule has 0 saturated heterocycles. The number of aliphatic carboxylic acids is 1. The molecule has 1 N–H and O–H groups in total. The fourth-order valence-corrected chi connectivity index (χ4v) is 0.889. The Bertz CT molecular complexity index is 265. The number of hydrogen-bond acceptors (Lipinski definition) is 2. The van der Waals surface area contributed by atoms with Crippen LogP contribution in [0.4, 0.5) is 0 Å². The summed E-state index contributed by atoms with van der Waals surface area (Å²) in [5.41, 5.74) is 0. The molecule has 14 heavy (non-hydrogen) atoms. The van der Waals surface area contributed by atoms with Gasteiger partial charge in [0.1, 0.15) is 6.54 Å². The number of carboxylic acid groups (broad SMARTS) is 1. The van der Waals surface area contributed by atoms with Gasteiger partial charge in [0.2, 0.25) is 5.91 Å². The van der Waals surface area contributed by atoms with E-state index in [9.17, 15) is 9.59 Å². The van der Waals surface area contributed by atoms with Crippen molar-refractivity contribution < 1.29 is 14.7 Å². The van der Waals surface area contributed by atoms with E-state index in [0.29, 0.717) is 6.42 Å². The summed E-state index contributed by atoms with van der Waals surface area (Å²) in [6.07, 6.45) is 7.39. The molecule has 0 aliphatic carbocycles. The van der Waals surface area contributed by atoms with E-state index >= 15 is 0 Å². The normalized spacial score (nSPS) is 8.79. The van der Waals surface area contributed by atoms with E-state index in [1.165, 1.54) is 0 Å². The second kappa shape index (κ2) is 6.72. The van der Waals surface area contributed by atoms with Crippen molar-refractivity contribution in [2.24, 2.45) is 0 Å². The Hall–Kier alpha value is -1.76. The van der Waals surface area contributed by atoms with Gasteiger partial charge in [-0.3, -0.25) is 9.59 Å². The van der Waals surface area contributed by atoms with Gasteiger partial charge in [0.05, 0.1) is 6.54 Å². The molecule has 0 aromatic carbocycles. The third kappa shape index (κ3) is 4.99. The van der Waals surface area contributed by atoms with E-state index in [2.05, 4.69) is 12.5 Å². The minimum atomic E-state index is -1.06. The summed E-state index contributed by atoms with van der Waals surface area (Å²) in [6, 6.07) is 0. The monoisotopic (exact) mass is 195 g/mol. The zero-order valence-corrected chi connectivity index (χ0v) is 7.90. The van der Waals surface area contributed by atoms with Crippen LogP contribution in [0.3, 0.4) is 0 Å². The van der Waals surface area contributed by atoms with Crippen LogP contribution in [0.15, 0.2) is 12.7 Å². The molecule has 0 aromatic rings. The Kier molecular flexibility index (Phi) is 5.88. The second-order valence-electron chi connectivity index (χ2n) is 2.68. The third-order valence-corrected chi connectivity index (χ3v) is 1.52. The highest BCUT2D eigenvalue weighted by atomic mass is 16.4. The first-order chi connectivity index (χ1) is 6.61. The van der Waals surface area contributed by atoms with Crippen LogP contribution >= 0.6 is 0 Å². The molecule has 76 valence electrons. The summed E-state index contributed by atoms with van der Waals surface area (Å²) in [5, 5.41) is 8.50. The number of rotatable bonds is 6. The summed E-state index contributed by atoms with van der Waals surface area (Å²) < 4.78 is 0. The Labute approximate surface area is 83.2 Å². The van der Waals surface area contributed by atoms with Gasteiger partial charge in [0, 0.05) is 6.42 Å². The van der Waals surface area contributed by atoms with Gasteiger partial charge in [0.15, 0.2) is 0 Å². The van der Waals surface area contributed by atoms with E-state index in [-0.39, 0.29) is 25.4 Å². The molecule has 1 amide bonds. The number of hydrogen-bond donors (Lipinski definition) is 1.